The summed E-state index contributed by atoms with van der Waals surface area (Å²) in [7, 11) is 1.97. The second-order valence-electron chi connectivity index (χ2n) is 5.92. The van der Waals surface area contributed by atoms with Gasteiger partial charge < -0.3 is 4.52 Å². The maximum Gasteiger partial charge on any atom is 0.243 e. The van der Waals surface area contributed by atoms with Crippen LogP contribution >= 0.6 is 0 Å². The Balaban J connectivity index is 1.69. The molecule has 1 amide bonds. The molecule has 0 unspecified atom stereocenters. The number of rotatable bonds is 8. The van der Waals surface area contributed by atoms with Gasteiger partial charge >= 0.3 is 0 Å². The maximum atomic E-state index is 12.2. The summed E-state index contributed by atoms with van der Waals surface area (Å²) in [5, 5.41) is 6.51. The van der Waals surface area contributed by atoms with Gasteiger partial charge in [0.2, 0.25) is 11.8 Å². The standard InChI is InChI=1S/C18H25N3O2/c1-14-13-17(23-20-14)19-18(22)15(2)21(3)12-8-7-11-16-9-5-4-6-10-16/h4-6,9-10,13,15H,7-8,11-12H2,1-3H3,(H,19,22)/t15-/m0/s1. The van der Waals surface area contributed by atoms with Gasteiger partial charge in [-0.1, -0.05) is 35.5 Å². The number of hydrogen-bond acceptors (Lipinski definition) is 4. The molecular weight excluding hydrogens is 290 g/mol. The second kappa shape index (κ2) is 8.48. The molecule has 124 valence electrons. The molecule has 0 fully saturated rings. The summed E-state index contributed by atoms with van der Waals surface area (Å²) in [4.78, 5) is 14.2. The lowest BCUT2D eigenvalue weighted by atomic mass is 10.1. The number of nitrogens with one attached hydrogen (secondary N) is 1. The number of hydrogen-bond donors (Lipinski definition) is 1. The van der Waals surface area contributed by atoms with Crippen LogP contribution in [0.15, 0.2) is 40.9 Å². The molecule has 5 nitrogen and oxygen atoms in total. The third-order valence-electron chi connectivity index (χ3n) is 3.98. The monoisotopic (exact) mass is 315 g/mol. The van der Waals surface area contributed by atoms with Gasteiger partial charge in [-0.2, -0.15) is 0 Å². The van der Waals surface area contributed by atoms with E-state index >= 15 is 0 Å². The zero-order valence-electron chi connectivity index (χ0n) is 14.1. The van der Waals surface area contributed by atoms with Gasteiger partial charge in [0, 0.05) is 6.07 Å². The number of aryl methyl sites for hydroxylation is 2. The number of nitrogens with zero attached hydrogens (tertiary/aromatic N) is 2. The number of carbonyl (C=O) groups excluding carboxylic acids is 1. The van der Waals surface area contributed by atoms with Crippen molar-refractivity contribution in [2.75, 3.05) is 18.9 Å². The minimum absolute atomic E-state index is 0.0771. The summed E-state index contributed by atoms with van der Waals surface area (Å²) in [6.07, 6.45) is 3.25. The van der Waals surface area contributed by atoms with E-state index in [2.05, 4.69) is 39.6 Å². The SMILES string of the molecule is Cc1cc(NC(=O)[C@H](C)N(C)CCCCc2ccccc2)on1. The molecule has 0 aliphatic carbocycles. The second-order valence-corrected chi connectivity index (χ2v) is 5.92. The first-order chi connectivity index (χ1) is 11.1. The molecule has 0 saturated carbocycles. The van der Waals surface area contributed by atoms with Crippen molar-refractivity contribution in [2.24, 2.45) is 0 Å². The molecule has 2 aromatic rings. The summed E-state index contributed by atoms with van der Waals surface area (Å²) in [5.74, 6) is 0.323. The summed E-state index contributed by atoms with van der Waals surface area (Å²) < 4.78 is 5.01. The number of aromatic nitrogens is 1. The molecule has 1 aromatic carbocycles. The van der Waals surface area contributed by atoms with E-state index in [1.165, 1.54) is 5.56 Å². The van der Waals surface area contributed by atoms with Crippen LogP contribution < -0.4 is 5.32 Å². The van der Waals surface area contributed by atoms with Crippen LogP contribution in [0.5, 0.6) is 0 Å². The van der Waals surface area contributed by atoms with E-state index < -0.39 is 0 Å². The number of carbonyl (C=O) groups is 1. The highest BCUT2D eigenvalue weighted by Crippen LogP contribution is 2.11. The van der Waals surface area contributed by atoms with Crippen molar-refractivity contribution >= 4 is 11.8 Å². The quantitative estimate of drug-likeness (QED) is 0.760. The Morgan fingerprint density at radius 2 is 2.04 bits per heavy atom. The molecule has 1 aromatic heterocycles. The molecule has 0 aliphatic rings. The number of anilines is 1. The fourth-order valence-electron chi connectivity index (χ4n) is 2.38. The van der Waals surface area contributed by atoms with Crippen LogP contribution in [0.25, 0.3) is 0 Å². The van der Waals surface area contributed by atoms with Crippen LogP contribution in [-0.4, -0.2) is 35.6 Å². The molecule has 2 rings (SSSR count). The Bertz CT molecular complexity index is 610. The third-order valence-corrected chi connectivity index (χ3v) is 3.98. The number of benzene rings is 1. The smallest absolute Gasteiger partial charge is 0.243 e. The lowest BCUT2D eigenvalue weighted by Crippen LogP contribution is -2.40. The highest BCUT2D eigenvalue weighted by molar-refractivity contribution is 5.93. The predicted octanol–water partition coefficient (Wildman–Crippen LogP) is 3.26. The molecule has 1 N–H and O–H groups in total. The Morgan fingerprint density at radius 1 is 1.30 bits per heavy atom. The summed E-state index contributed by atoms with van der Waals surface area (Å²) >= 11 is 0. The van der Waals surface area contributed by atoms with Gasteiger partial charge in [-0.3, -0.25) is 15.0 Å². The number of unbranched alkanes of at least 4 members (excludes halogenated alkanes) is 1. The van der Waals surface area contributed by atoms with Gasteiger partial charge in [0.05, 0.1) is 11.7 Å². The van der Waals surface area contributed by atoms with E-state index in [-0.39, 0.29) is 11.9 Å². The van der Waals surface area contributed by atoms with Crippen molar-refractivity contribution in [1.82, 2.24) is 10.1 Å². The van der Waals surface area contributed by atoms with Crippen LogP contribution in [0.4, 0.5) is 5.88 Å². The third kappa shape index (κ3) is 5.53. The first-order valence-electron chi connectivity index (χ1n) is 8.04. The van der Waals surface area contributed by atoms with E-state index in [1.54, 1.807) is 6.07 Å². The van der Waals surface area contributed by atoms with Gasteiger partial charge in [-0.05, 0) is 52.3 Å². The average molecular weight is 315 g/mol. The molecule has 0 aliphatic heterocycles. The Kier molecular flexibility index (Phi) is 6.35. The van der Waals surface area contributed by atoms with Crippen LogP contribution in [0.1, 0.15) is 31.0 Å². The van der Waals surface area contributed by atoms with E-state index in [4.69, 9.17) is 4.52 Å². The van der Waals surface area contributed by atoms with E-state index in [1.807, 2.05) is 27.0 Å². The molecule has 5 heteroatoms. The Hall–Kier alpha value is -2.14. The first kappa shape index (κ1) is 17.2. The predicted molar refractivity (Wildman–Crippen MR) is 91.3 cm³/mol. The minimum atomic E-state index is -0.211. The van der Waals surface area contributed by atoms with E-state index in [9.17, 15) is 4.79 Å². The van der Waals surface area contributed by atoms with Crippen LogP contribution in [0.3, 0.4) is 0 Å². The van der Waals surface area contributed by atoms with E-state index in [0.717, 1.165) is 31.5 Å². The van der Waals surface area contributed by atoms with Crippen LogP contribution in [0, 0.1) is 6.92 Å². The van der Waals surface area contributed by atoms with Gasteiger partial charge in [0.25, 0.3) is 0 Å². The molecule has 0 saturated heterocycles. The van der Waals surface area contributed by atoms with Crippen molar-refractivity contribution < 1.29 is 9.32 Å². The van der Waals surface area contributed by atoms with Crippen molar-refractivity contribution in [3.05, 3.63) is 47.7 Å². The average Bonchev–Trinajstić information content (AvgIpc) is 2.96. The highest BCUT2D eigenvalue weighted by Gasteiger charge is 2.19. The van der Waals surface area contributed by atoms with Crippen molar-refractivity contribution in [3.8, 4) is 0 Å². The summed E-state index contributed by atoms with van der Waals surface area (Å²) in [5.41, 5.74) is 2.11. The number of likely N-dealkylation sites (N-methyl/N-ethyl adjacent to an activating group) is 1. The van der Waals surface area contributed by atoms with Gasteiger partial charge in [-0.15, -0.1) is 0 Å². The van der Waals surface area contributed by atoms with Gasteiger partial charge in [0.1, 0.15) is 0 Å². The lowest BCUT2D eigenvalue weighted by molar-refractivity contribution is -0.120. The molecule has 1 heterocycles. The largest absolute Gasteiger partial charge is 0.338 e. The normalized spacial score (nSPS) is 12.3. The maximum absolute atomic E-state index is 12.2. The van der Waals surface area contributed by atoms with Crippen molar-refractivity contribution in [1.29, 1.82) is 0 Å². The summed E-state index contributed by atoms with van der Waals surface area (Å²) in [6, 6.07) is 12.0. The molecule has 0 radical (unpaired) electrons. The van der Waals surface area contributed by atoms with Crippen molar-refractivity contribution in [3.63, 3.8) is 0 Å². The van der Waals surface area contributed by atoms with E-state index in [0.29, 0.717) is 5.88 Å². The van der Waals surface area contributed by atoms with Gasteiger partial charge in [0.15, 0.2) is 0 Å². The Labute approximate surface area is 137 Å². The fourth-order valence-corrected chi connectivity index (χ4v) is 2.38. The van der Waals surface area contributed by atoms with Crippen molar-refractivity contribution in [2.45, 2.75) is 39.2 Å². The van der Waals surface area contributed by atoms with Crippen LogP contribution in [-0.2, 0) is 11.2 Å². The molecule has 23 heavy (non-hydrogen) atoms. The fraction of sp³-hybridized carbons (Fsp3) is 0.444. The minimum Gasteiger partial charge on any atom is -0.338 e. The molecule has 1 atom stereocenters. The number of amides is 1. The zero-order chi connectivity index (χ0) is 16.7. The molecule has 0 spiro atoms. The lowest BCUT2D eigenvalue weighted by Gasteiger charge is -2.23. The molecular formula is C18H25N3O2. The first-order valence-corrected chi connectivity index (χ1v) is 8.04. The Morgan fingerprint density at radius 3 is 2.70 bits per heavy atom. The molecule has 0 bridgehead atoms. The zero-order valence-corrected chi connectivity index (χ0v) is 14.1. The van der Waals surface area contributed by atoms with Crippen LogP contribution in [0.2, 0.25) is 0 Å². The van der Waals surface area contributed by atoms with Gasteiger partial charge in [-0.25, -0.2) is 0 Å². The summed E-state index contributed by atoms with van der Waals surface area (Å²) in [6.45, 7) is 4.61. The highest BCUT2D eigenvalue weighted by atomic mass is 16.5. The topological polar surface area (TPSA) is 58.4 Å².